The summed E-state index contributed by atoms with van der Waals surface area (Å²) in [6, 6.07) is 3.37. The molecule has 84 valence electrons. The highest BCUT2D eigenvalue weighted by Crippen LogP contribution is 2.01. The molecule has 1 heterocycles. The van der Waals surface area contributed by atoms with Crippen molar-refractivity contribution in [2.24, 2.45) is 5.73 Å². The number of nitrogens with two attached hydrogens (primary N) is 1. The van der Waals surface area contributed by atoms with Crippen LogP contribution in [-0.4, -0.2) is 30.9 Å². The van der Waals surface area contributed by atoms with Gasteiger partial charge in [0.25, 0.3) is 0 Å². The van der Waals surface area contributed by atoms with Crippen LogP contribution in [0, 0.1) is 0 Å². The molecule has 0 saturated heterocycles. The van der Waals surface area contributed by atoms with Crippen LogP contribution in [0.2, 0.25) is 0 Å². The highest BCUT2D eigenvalue weighted by atomic mass is 32.2. The third kappa shape index (κ3) is 4.90. The van der Waals surface area contributed by atoms with Crippen LogP contribution in [0.3, 0.4) is 0 Å². The van der Waals surface area contributed by atoms with E-state index in [1.807, 2.05) is 6.07 Å². The molecule has 1 aromatic heterocycles. The molecule has 1 aromatic rings. The second kappa shape index (κ2) is 5.23. The Morgan fingerprint density at radius 3 is 2.80 bits per heavy atom. The number of rotatable bonds is 5. The Hall–Kier alpha value is -0.940. The molecule has 5 heteroatoms. The molecule has 0 fully saturated rings. The normalized spacial score (nSPS) is 13.7. The SMILES string of the molecule is CC(N)CS(=O)(=O)CCc1cccnc1. The monoisotopic (exact) mass is 228 g/mol. The van der Waals surface area contributed by atoms with Crippen LogP contribution in [0.5, 0.6) is 0 Å². The number of aryl methyl sites for hydroxylation is 1. The summed E-state index contributed by atoms with van der Waals surface area (Å²) in [7, 11) is -3.03. The Labute approximate surface area is 90.4 Å². The fraction of sp³-hybridized carbons (Fsp3) is 0.500. The van der Waals surface area contributed by atoms with Gasteiger partial charge in [-0.25, -0.2) is 8.42 Å². The minimum absolute atomic E-state index is 0.0489. The van der Waals surface area contributed by atoms with E-state index in [0.29, 0.717) is 6.42 Å². The second-order valence-electron chi connectivity index (χ2n) is 3.70. The number of hydrogen-bond donors (Lipinski definition) is 1. The van der Waals surface area contributed by atoms with Crippen molar-refractivity contribution < 1.29 is 8.42 Å². The van der Waals surface area contributed by atoms with Crippen LogP contribution < -0.4 is 5.73 Å². The van der Waals surface area contributed by atoms with Gasteiger partial charge in [0.2, 0.25) is 0 Å². The van der Waals surface area contributed by atoms with E-state index in [4.69, 9.17) is 5.73 Å². The highest BCUT2D eigenvalue weighted by molar-refractivity contribution is 7.91. The molecule has 0 aliphatic heterocycles. The molecule has 0 radical (unpaired) electrons. The second-order valence-corrected chi connectivity index (χ2v) is 5.93. The van der Waals surface area contributed by atoms with Gasteiger partial charge in [-0.15, -0.1) is 0 Å². The predicted octanol–water partition coefficient (Wildman–Crippen LogP) is 0.386. The molecule has 0 aromatic carbocycles. The summed E-state index contributed by atoms with van der Waals surface area (Å²) in [6.45, 7) is 1.70. The molecular formula is C10H16N2O2S. The summed E-state index contributed by atoms with van der Waals surface area (Å²) in [4.78, 5) is 3.93. The first kappa shape index (κ1) is 12.1. The molecule has 0 aliphatic carbocycles. The first-order valence-electron chi connectivity index (χ1n) is 4.84. The van der Waals surface area contributed by atoms with Crippen molar-refractivity contribution >= 4 is 9.84 Å². The maximum absolute atomic E-state index is 11.5. The van der Waals surface area contributed by atoms with Gasteiger partial charge in [-0.1, -0.05) is 6.07 Å². The maximum Gasteiger partial charge on any atom is 0.152 e. The van der Waals surface area contributed by atoms with Gasteiger partial charge in [-0.3, -0.25) is 4.98 Å². The molecule has 4 nitrogen and oxygen atoms in total. The largest absolute Gasteiger partial charge is 0.327 e. The lowest BCUT2D eigenvalue weighted by atomic mass is 10.2. The number of hydrogen-bond acceptors (Lipinski definition) is 4. The van der Waals surface area contributed by atoms with Crippen molar-refractivity contribution in [2.45, 2.75) is 19.4 Å². The standard InChI is InChI=1S/C10H16N2O2S/c1-9(11)8-15(13,14)6-4-10-3-2-5-12-7-10/h2-3,5,7,9H,4,6,8,11H2,1H3. The molecule has 1 unspecified atom stereocenters. The van der Waals surface area contributed by atoms with Crippen molar-refractivity contribution in [3.05, 3.63) is 30.1 Å². The zero-order valence-electron chi connectivity index (χ0n) is 8.76. The summed E-state index contributed by atoms with van der Waals surface area (Å²) < 4.78 is 23.0. The van der Waals surface area contributed by atoms with Crippen molar-refractivity contribution in [1.82, 2.24) is 4.98 Å². The highest BCUT2D eigenvalue weighted by Gasteiger charge is 2.13. The van der Waals surface area contributed by atoms with Crippen LogP contribution in [0.4, 0.5) is 0 Å². The minimum Gasteiger partial charge on any atom is -0.327 e. The molecule has 1 atom stereocenters. The third-order valence-corrected chi connectivity index (χ3v) is 3.80. The lowest BCUT2D eigenvalue weighted by Gasteiger charge is -2.06. The minimum atomic E-state index is -3.03. The Kier molecular flexibility index (Phi) is 4.23. The molecular weight excluding hydrogens is 212 g/mol. The van der Waals surface area contributed by atoms with E-state index < -0.39 is 9.84 Å². The van der Waals surface area contributed by atoms with Crippen LogP contribution in [-0.2, 0) is 16.3 Å². The van der Waals surface area contributed by atoms with Crippen molar-refractivity contribution in [3.8, 4) is 0 Å². The van der Waals surface area contributed by atoms with Gasteiger partial charge < -0.3 is 5.73 Å². The summed E-state index contributed by atoms with van der Waals surface area (Å²) in [6.07, 6.45) is 3.85. The smallest absolute Gasteiger partial charge is 0.152 e. The van der Waals surface area contributed by atoms with Crippen LogP contribution in [0.15, 0.2) is 24.5 Å². The first-order valence-corrected chi connectivity index (χ1v) is 6.66. The molecule has 0 saturated carbocycles. The number of aromatic nitrogens is 1. The van der Waals surface area contributed by atoms with Gasteiger partial charge in [0.15, 0.2) is 9.84 Å². The summed E-state index contributed by atoms with van der Waals surface area (Å²) in [5.74, 6) is 0.188. The van der Waals surface area contributed by atoms with E-state index in [1.54, 1.807) is 25.4 Å². The van der Waals surface area contributed by atoms with E-state index in [1.165, 1.54) is 0 Å². The third-order valence-electron chi connectivity index (χ3n) is 1.94. The van der Waals surface area contributed by atoms with E-state index >= 15 is 0 Å². The van der Waals surface area contributed by atoms with Gasteiger partial charge in [0.05, 0.1) is 11.5 Å². The first-order chi connectivity index (χ1) is 6.99. The van der Waals surface area contributed by atoms with E-state index in [-0.39, 0.29) is 17.5 Å². The van der Waals surface area contributed by atoms with Crippen LogP contribution in [0.1, 0.15) is 12.5 Å². The Balaban J connectivity index is 2.50. The fourth-order valence-corrected chi connectivity index (χ4v) is 2.82. The van der Waals surface area contributed by atoms with E-state index in [9.17, 15) is 8.42 Å². The molecule has 0 aliphatic rings. The molecule has 0 spiro atoms. The quantitative estimate of drug-likeness (QED) is 0.791. The van der Waals surface area contributed by atoms with Crippen molar-refractivity contribution in [3.63, 3.8) is 0 Å². The summed E-state index contributed by atoms with van der Waals surface area (Å²) in [5.41, 5.74) is 6.39. The predicted molar refractivity (Wildman–Crippen MR) is 60.2 cm³/mol. The summed E-state index contributed by atoms with van der Waals surface area (Å²) in [5, 5.41) is 0. The number of nitrogens with zero attached hydrogens (tertiary/aromatic N) is 1. The number of pyridine rings is 1. The van der Waals surface area contributed by atoms with Gasteiger partial charge in [-0.05, 0) is 25.0 Å². The molecule has 1 rings (SSSR count). The Morgan fingerprint density at radius 1 is 1.53 bits per heavy atom. The molecule has 0 amide bonds. The Morgan fingerprint density at radius 2 is 2.27 bits per heavy atom. The average Bonchev–Trinajstić information content (AvgIpc) is 2.15. The number of sulfone groups is 1. The lowest BCUT2D eigenvalue weighted by Crippen LogP contribution is -2.28. The van der Waals surface area contributed by atoms with Crippen molar-refractivity contribution in [2.75, 3.05) is 11.5 Å². The Bertz CT molecular complexity index is 387. The molecule has 15 heavy (non-hydrogen) atoms. The van der Waals surface area contributed by atoms with Crippen molar-refractivity contribution in [1.29, 1.82) is 0 Å². The maximum atomic E-state index is 11.5. The van der Waals surface area contributed by atoms with Crippen LogP contribution >= 0.6 is 0 Å². The van der Waals surface area contributed by atoms with E-state index in [0.717, 1.165) is 5.56 Å². The van der Waals surface area contributed by atoms with Crippen LogP contribution in [0.25, 0.3) is 0 Å². The zero-order valence-corrected chi connectivity index (χ0v) is 9.57. The molecule has 0 bridgehead atoms. The summed E-state index contributed by atoms with van der Waals surface area (Å²) >= 11 is 0. The van der Waals surface area contributed by atoms with E-state index in [2.05, 4.69) is 4.98 Å². The topological polar surface area (TPSA) is 73.1 Å². The van der Waals surface area contributed by atoms with Gasteiger partial charge in [-0.2, -0.15) is 0 Å². The van der Waals surface area contributed by atoms with Gasteiger partial charge in [0, 0.05) is 18.4 Å². The van der Waals surface area contributed by atoms with Gasteiger partial charge >= 0.3 is 0 Å². The lowest BCUT2D eigenvalue weighted by molar-refractivity contribution is 0.589. The van der Waals surface area contributed by atoms with Gasteiger partial charge in [0.1, 0.15) is 0 Å². The fourth-order valence-electron chi connectivity index (χ4n) is 1.30. The molecule has 2 N–H and O–H groups in total. The zero-order chi connectivity index (χ0) is 11.3. The average molecular weight is 228 g/mol.